The van der Waals surface area contributed by atoms with E-state index in [0.717, 1.165) is 18.4 Å². The van der Waals surface area contributed by atoms with Crippen molar-refractivity contribution >= 4 is 17.5 Å². The van der Waals surface area contributed by atoms with E-state index in [1.807, 2.05) is 24.3 Å². The third-order valence-electron chi connectivity index (χ3n) is 3.82. The van der Waals surface area contributed by atoms with Crippen molar-refractivity contribution in [1.29, 1.82) is 0 Å². The number of halogens is 2. The maximum atomic E-state index is 12.8. The molecule has 1 fully saturated rings. The molecule has 0 aromatic heterocycles. The fourth-order valence-corrected chi connectivity index (χ4v) is 2.59. The van der Waals surface area contributed by atoms with Crippen LogP contribution in [-0.2, 0) is 4.79 Å². The second-order valence-corrected chi connectivity index (χ2v) is 6.11. The van der Waals surface area contributed by atoms with Crippen molar-refractivity contribution in [2.45, 2.75) is 18.9 Å². The Hall–Kier alpha value is -2.07. The Bertz CT molecular complexity index is 668. The topological polar surface area (TPSA) is 38.3 Å². The van der Waals surface area contributed by atoms with Gasteiger partial charge in [-0.3, -0.25) is 4.79 Å². The maximum Gasteiger partial charge on any atom is 0.258 e. The molecular formula is C18H17ClFNO2. The molecule has 3 rings (SSSR count). The van der Waals surface area contributed by atoms with Gasteiger partial charge in [0.25, 0.3) is 5.91 Å². The van der Waals surface area contributed by atoms with Crippen LogP contribution in [0.25, 0.3) is 0 Å². The molecule has 3 nitrogen and oxygen atoms in total. The molecule has 1 aliphatic rings. The molecule has 23 heavy (non-hydrogen) atoms. The Morgan fingerprint density at radius 2 is 1.83 bits per heavy atom. The molecule has 120 valence electrons. The average Bonchev–Trinajstić information content (AvgIpc) is 3.38. The highest BCUT2D eigenvalue weighted by Gasteiger charge is 2.33. The summed E-state index contributed by atoms with van der Waals surface area (Å²) >= 11 is 5.91. The predicted molar refractivity (Wildman–Crippen MR) is 87.0 cm³/mol. The van der Waals surface area contributed by atoms with Crippen LogP contribution in [0.4, 0.5) is 4.39 Å². The van der Waals surface area contributed by atoms with E-state index in [1.165, 1.54) is 24.3 Å². The molecule has 5 heteroatoms. The van der Waals surface area contributed by atoms with E-state index in [-0.39, 0.29) is 24.4 Å². The monoisotopic (exact) mass is 333 g/mol. The van der Waals surface area contributed by atoms with Crippen LogP contribution < -0.4 is 10.1 Å². The van der Waals surface area contributed by atoms with Crippen LogP contribution in [0, 0.1) is 11.7 Å². The number of carbonyl (C=O) groups is 1. The lowest BCUT2D eigenvalue weighted by Gasteiger charge is -2.19. The normalized spacial score (nSPS) is 15.0. The highest BCUT2D eigenvalue weighted by molar-refractivity contribution is 6.30. The molecule has 1 saturated carbocycles. The predicted octanol–water partition coefficient (Wildman–Crippen LogP) is 4.13. The molecule has 0 radical (unpaired) electrons. The second-order valence-electron chi connectivity index (χ2n) is 5.68. The summed E-state index contributed by atoms with van der Waals surface area (Å²) in [5.41, 5.74) is 1.05. The summed E-state index contributed by atoms with van der Waals surface area (Å²) in [6.45, 7) is -0.0948. The summed E-state index contributed by atoms with van der Waals surface area (Å²) in [7, 11) is 0. The van der Waals surface area contributed by atoms with Crippen molar-refractivity contribution in [3.05, 3.63) is 64.9 Å². The number of ether oxygens (including phenoxy) is 1. The smallest absolute Gasteiger partial charge is 0.258 e. The Labute approximate surface area is 139 Å². The minimum Gasteiger partial charge on any atom is -0.484 e. The molecule has 1 aliphatic carbocycles. The largest absolute Gasteiger partial charge is 0.484 e. The zero-order valence-corrected chi connectivity index (χ0v) is 13.2. The van der Waals surface area contributed by atoms with Gasteiger partial charge in [-0.15, -0.1) is 0 Å². The first-order valence-corrected chi connectivity index (χ1v) is 7.93. The Balaban J connectivity index is 1.58. The van der Waals surface area contributed by atoms with Crippen molar-refractivity contribution in [3.63, 3.8) is 0 Å². The fraction of sp³-hybridized carbons (Fsp3) is 0.278. The third kappa shape index (κ3) is 4.45. The van der Waals surface area contributed by atoms with E-state index < -0.39 is 0 Å². The Kier molecular flexibility index (Phi) is 4.82. The van der Waals surface area contributed by atoms with Crippen LogP contribution in [0.1, 0.15) is 24.4 Å². The van der Waals surface area contributed by atoms with Gasteiger partial charge in [-0.2, -0.15) is 0 Å². The number of carbonyl (C=O) groups excluding carboxylic acids is 1. The van der Waals surface area contributed by atoms with Gasteiger partial charge < -0.3 is 10.1 Å². The molecule has 0 heterocycles. The number of hydrogen-bond acceptors (Lipinski definition) is 2. The number of nitrogens with one attached hydrogen (secondary N) is 1. The molecule has 0 unspecified atom stereocenters. The van der Waals surface area contributed by atoms with Gasteiger partial charge in [0, 0.05) is 5.02 Å². The number of hydrogen-bond donors (Lipinski definition) is 1. The first kappa shape index (κ1) is 15.8. The van der Waals surface area contributed by atoms with Crippen molar-refractivity contribution in [2.75, 3.05) is 6.61 Å². The maximum absolute atomic E-state index is 12.8. The quantitative estimate of drug-likeness (QED) is 0.863. The average molecular weight is 334 g/mol. The summed E-state index contributed by atoms with van der Waals surface area (Å²) in [5.74, 6) is 0.404. The molecule has 0 aliphatic heterocycles. The van der Waals surface area contributed by atoms with E-state index >= 15 is 0 Å². The van der Waals surface area contributed by atoms with E-state index in [9.17, 15) is 9.18 Å². The summed E-state index contributed by atoms with van der Waals surface area (Å²) in [5, 5.41) is 3.69. The van der Waals surface area contributed by atoms with Crippen molar-refractivity contribution in [2.24, 2.45) is 5.92 Å². The van der Waals surface area contributed by atoms with Crippen LogP contribution in [0.5, 0.6) is 5.75 Å². The first-order chi connectivity index (χ1) is 11.1. The van der Waals surface area contributed by atoms with Crippen LogP contribution in [0.3, 0.4) is 0 Å². The minimum absolute atomic E-state index is 0.0171. The molecule has 0 saturated heterocycles. The third-order valence-corrected chi connectivity index (χ3v) is 4.07. The highest BCUT2D eigenvalue weighted by atomic mass is 35.5. The lowest BCUT2D eigenvalue weighted by molar-refractivity contribution is -0.124. The highest BCUT2D eigenvalue weighted by Crippen LogP contribution is 2.41. The van der Waals surface area contributed by atoms with Gasteiger partial charge in [0.1, 0.15) is 11.6 Å². The SMILES string of the molecule is O=C(COc1ccc(F)cc1)N[C@H](c1ccc(Cl)cc1)C1CC1. The van der Waals surface area contributed by atoms with Gasteiger partial charge in [-0.1, -0.05) is 23.7 Å². The Morgan fingerprint density at radius 3 is 2.43 bits per heavy atom. The molecule has 2 aromatic rings. The molecule has 0 bridgehead atoms. The summed E-state index contributed by atoms with van der Waals surface area (Å²) in [4.78, 5) is 12.1. The van der Waals surface area contributed by atoms with Gasteiger partial charge in [0.2, 0.25) is 0 Å². The molecule has 0 spiro atoms. The fourth-order valence-electron chi connectivity index (χ4n) is 2.47. The van der Waals surface area contributed by atoms with Crippen molar-refractivity contribution < 1.29 is 13.9 Å². The molecule has 1 amide bonds. The van der Waals surface area contributed by atoms with Gasteiger partial charge in [0.05, 0.1) is 6.04 Å². The Morgan fingerprint density at radius 1 is 1.17 bits per heavy atom. The first-order valence-electron chi connectivity index (χ1n) is 7.55. The van der Waals surface area contributed by atoms with Gasteiger partial charge >= 0.3 is 0 Å². The molecular weight excluding hydrogens is 317 g/mol. The number of rotatable bonds is 6. The van der Waals surface area contributed by atoms with Gasteiger partial charge in [0.15, 0.2) is 6.61 Å². The molecule has 1 N–H and O–H groups in total. The second kappa shape index (κ2) is 7.01. The summed E-state index contributed by atoms with van der Waals surface area (Å²) in [6.07, 6.45) is 2.21. The zero-order chi connectivity index (χ0) is 16.2. The van der Waals surface area contributed by atoms with Crippen LogP contribution in [-0.4, -0.2) is 12.5 Å². The van der Waals surface area contributed by atoms with E-state index in [1.54, 1.807) is 0 Å². The number of benzene rings is 2. The van der Waals surface area contributed by atoms with Crippen LogP contribution in [0.15, 0.2) is 48.5 Å². The van der Waals surface area contributed by atoms with E-state index in [4.69, 9.17) is 16.3 Å². The minimum atomic E-state index is -0.335. The standard InChI is InChI=1S/C18H17ClFNO2/c19-14-5-3-13(4-6-14)18(12-1-2-12)21-17(22)11-23-16-9-7-15(20)8-10-16/h3-10,12,18H,1-2,11H2,(H,21,22)/t18-/m0/s1. The van der Waals surface area contributed by atoms with Crippen molar-refractivity contribution in [3.8, 4) is 5.75 Å². The van der Waals surface area contributed by atoms with Crippen molar-refractivity contribution in [1.82, 2.24) is 5.32 Å². The van der Waals surface area contributed by atoms with Crippen LogP contribution in [0.2, 0.25) is 5.02 Å². The van der Waals surface area contributed by atoms with E-state index in [0.29, 0.717) is 16.7 Å². The van der Waals surface area contributed by atoms with Gasteiger partial charge in [-0.25, -0.2) is 4.39 Å². The van der Waals surface area contributed by atoms with Crippen LogP contribution >= 0.6 is 11.6 Å². The molecule has 1 atom stereocenters. The summed E-state index contributed by atoms with van der Waals surface area (Å²) in [6, 6.07) is 13.1. The van der Waals surface area contributed by atoms with Gasteiger partial charge in [-0.05, 0) is 60.7 Å². The lowest BCUT2D eigenvalue weighted by atomic mass is 10.0. The summed E-state index contributed by atoms with van der Waals surface area (Å²) < 4.78 is 18.2. The number of amides is 1. The zero-order valence-electron chi connectivity index (χ0n) is 12.5. The lowest BCUT2D eigenvalue weighted by Crippen LogP contribution is -2.33. The molecule has 2 aromatic carbocycles. The van der Waals surface area contributed by atoms with E-state index in [2.05, 4.69) is 5.32 Å².